The maximum Gasteiger partial charge on any atom is 0.236 e. The summed E-state index contributed by atoms with van der Waals surface area (Å²) in [4.78, 5) is 24.4. The summed E-state index contributed by atoms with van der Waals surface area (Å²) in [6, 6.07) is 2.15. The van der Waals surface area contributed by atoms with Crippen molar-refractivity contribution in [2.45, 2.75) is 45.8 Å². The topological polar surface area (TPSA) is 85.2 Å². The van der Waals surface area contributed by atoms with Crippen molar-refractivity contribution in [3.63, 3.8) is 0 Å². The number of carbonyl (C=O) groups is 1. The van der Waals surface area contributed by atoms with Gasteiger partial charge >= 0.3 is 0 Å². The Labute approximate surface area is 143 Å². The Morgan fingerprint density at radius 3 is 2.83 bits per heavy atom. The highest BCUT2D eigenvalue weighted by Crippen LogP contribution is 2.32. The average Bonchev–Trinajstić information content (AvgIpc) is 3.11. The van der Waals surface area contributed by atoms with Crippen molar-refractivity contribution in [2.24, 2.45) is 0 Å². The number of nitrogens with zero attached hydrogens (tertiary/aromatic N) is 4. The molecule has 0 radical (unpaired) electrons. The van der Waals surface area contributed by atoms with Gasteiger partial charge < -0.3 is 14.6 Å². The fraction of sp³-hybridized carbons (Fsp3) is 0.706. The molecule has 1 aliphatic heterocycles. The van der Waals surface area contributed by atoms with E-state index in [2.05, 4.69) is 20.9 Å². The van der Waals surface area contributed by atoms with Gasteiger partial charge in [-0.25, -0.2) is 4.98 Å². The Bertz CT molecular complexity index is 587. The van der Waals surface area contributed by atoms with E-state index in [9.17, 15) is 4.79 Å². The fourth-order valence-electron chi connectivity index (χ4n) is 3.14. The summed E-state index contributed by atoms with van der Waals surface area (Å²) in [6.45, 7) is 8.06. The highest BCUT2D eigenvalue weighted by Gasteiger charge is 2.36. The molecule has 1 amide bonds. The summed E-state index contributed by atoms with van der Waals surface area (Å²) < 4.78 is 5.51. The lowest BCUT2D eigenvalue weighted by atomic mass is 10.2. The Hall–Kier alpha value is -1.91. The maximum absolute atomic E-state index is 12.6. The first-order valence-corrected chi connectivity index (χ1v) is 8.44. The number of nitriles is 1. The van der Waals surface area contributed by atoms with Gasteiger partial charge in [-0.1, -0.05) is 0 Å². The zero-order valence-corrected chi connectivity index (χ0v) is 15.0. The Morgan fingerprint density at radius 1 is 1.54 bits per heavy atom. The Kier molecular flexibility index (Phi) is 6.35. The highest BCUT2D eigenvalue weighted by atomic mass is 16.5. The minimum absolute atomic E-state index is 0.0505. The molecule has 0 bridgehead atoms. The molecule has 1 aliphatic rings. The van der Waals surface area contributed by atoms with Crippen LogP contribution in [0.25, 0.3) is 0 Å². The van der Waals surface area contributed by atoms with E-state index in [1.165, 1.54) is 0 Å². The first-order chi connectivity index (χ1) is 11.5. The van der Waals surface area contributed by atoms with Crippen molar-refractivity contribution in [3.05, 3.63) is 17.2 Å². The van der Waals surface area contributed by atoms with E-state index in [0.717, 1.165) is 23.6 Å². The summed E-state index contributed by atoms with van der Waals surface area (Å²) in [7, 11) is 1.71. The summed E-state index contributed by atoms with van der Waals surface area (Å²) in [5.41, 5.74) is 2.04. The van der Waals surface area contributed by atoms with Crippen LogP contribution in [-0.4, -0.2) is 65.1 Å². The van der Waals surface area contributed by atoms with Crippen LogP contribution in [0.1, 0.15) is 43.0 Å². The molecule has 1 aromatic rings. The monoisotopic (exact) mass is 333 g/mol. The number of rotatable bonds is 7. The third-order valence-corrected chi connectivity index (χ3v) is 4.73. The number of carbonyl (C=O) groups excluding carboxylic acids is 1. The molecule has 24 heavy (non-hydrogen) atoms. The van der Waals surface area contributed by atoms with Gasteiger partial charge in [-0.2, -0.15) is 5.26 Å². The van der Waals surface area contributed by atoms with Crippen LogP contribution in [0.15, 0.2) is 0 Å². The normalized spacial score (nSPS) is 21.0. The van der Waals surface area contributed by atoms with Gasteiger partial charge in [0.05, 0.1) is 36.9 Å². The lowest BCUT2D eigenvalue weighted by Gasteiger charge is -2.26. The van der Waals surface area contributed by atoms with E-state index in [1.54, 1.807) is 12.0 Å². The van der Waals surface area contributed by atoms with Crippen LogP contribution in [0.4, 0.5) is 0 Å². The Balaban J connectivity index is 2.10. The van der Waals surface area contributed by atoms with E-state index in [4.69, 9.17) is 10.00 Å². The molecule has 0 aromatic carbocycles. The molecule has 132 valence electrons. The van der Waals surface area contributed by atoms with Crippen molar-refractivity contribution in [1.29, 1.82) is 5.26 Å². The number of H-pyrrole nitrogens is 1. The number of hydrogen-bond donors (Lipinski definition) is 1. The summed E-state index contributed by atoms with van der Waals surface area (Å²) in [6.07, 6.45) is 1.28. The molecule has 2 atom stereocenters. The van der Waals surface area contributed by atoms with Crippen LogP contribution in [0.5, 0.6) is 0 Å². The van der Waals surface area contributed by atoms with Crippen LogP contribution in [-0.2, 0) is 9.53 Å². The predicted molar refractivity (Wildman–Crippen MR) is 90.3 cm³/mol. The number of ether oxygens (including phenoxy) is 1. The number of hydrogen-bond acceptors (Lipinski definition) is 5. The standard InChI is InChI=1S/C17H27N5O2/c1-5-21(8-6-7-18)16(23)11-22-10-14(24-4)9-15(22)17-19-12(2)13(3)20-17/h14-15H,5-6,8-11H2,1-4H3,(H,19,20)/t14-,15+/m1/s1. The van der Waals surface area contributed by atoms with Crippen molar-refractivity contribution in [1.82, 2.24) is 19.8 Å². The number of imidazole rings is 1. The number of methoxy groups -OCH3 is 1. The Morgan fingerprint density at radius 2 is 2.29 bits per heavy atom. The van der Waals surface area contributed by atoms with Gasteiger partial charge in [0.2, 0.25) is 5.91 Å². The minimum Gasteiger partial charge on any atom is -0.380 e. The van der Waals surface area contributed by atoms with Crippen LogP contribution in [0, 0.1) is 25.2 Å². The van der Waals surface area contributed by atoms with E-state index in [-0.39, 0.29) is 18.1 Å². The van der Waals surface area contributed by atoms with Crippen molar-refractivity contribution < 1.29 is 9.53 Å². The fourth-order valence-corrected chi connectivity index (χ4v) is 3.14. The lowest BCUT2D eigenvalue weighted by molar-refractivity contribution is -0.132. The second-order valence-electron chi connectivity index (χ2n) is 6.25. The molecule has 0 saturated carbocycles. The molecule has 1 aromatic heterocycles. The molecule has 0 spiro atoms. The predicted octanol–water partition coefficient (Wildman–Crippen LogP) is 1.55. The van der Waals surface area contributed by atoms with Gasteiger partial charge in [-0.05, 0) is 27.2 Å². The summed E-state index contributed by atoms with van der Waals surface area (Å²) in [5, 5.41) is 8.74. The number of likely N-dealkylation sites (tertiary alicyclic amines) is 1. The molecule has 1 N–H and O–H groups in total. The zero-order valence-electron chi connectivity index (χ0n) is 15.0. The number of nitrogens with one attached hydrogen (secondary N) is 1. The van der Waals surface area contributed by atoms with Gasteiger partial charge in [-0.3, -0.25) is 9.69 Å². The van der Waals surface area contributed by atoms with Crippen LogP contribution in [0.3, 0.4) is 0 Å². The van der Waals surface area contributed by atoms with Gasteiger partial charge in [0.25, 0.3) is 0 Å². The molecular weight excluding hydrogens is 306 g/mol. The zero-order chi connectivity index (χ0) is 17.7. The SMILES string of the molecule is CCN(CCC#N)C(=O)CN1C[C@H](OC)C[C@H]1c1nc(C)c(C)[nH]1. The highest BCUT2D eigenvalue weighted by molar-refractivity contribution is 5.78. The van der Waals surface area contributed by atoms with E-state index >= 15 is 0 Å². The second-order valence-corrected chi connectivity index (χ2v) is 6.25. The van der Waals surface area contributed by atoms with Crippen molar-refractivity contribution >= 4 is 5.91 Å². The quantitative estimate of drug-likeness (QED) is 0.818. The maximum atomic E-state index is 12.6. The first-order valence-electron chi connectivity index (χ1n) is 8.44. The number of aromatic amines is 1. The smallest absolute Gasteiger partial charge is 0.236 e. The van der Waals surface area contributed by atoms with Gasteiger partial charge in [0.1, 0.15) is 5.82 Å². The second kappa shape index (κ2) is 8.27. The number of aryl methyl sites for hydroxylation is 2. The van der Waals surface area contributed by atoms with Crippen molar-refractivity contribution in [2.75, 3.05) is 33.3 Å². The van der Waals surface area contributed by atoms with Gasteiger partial charge in [0, 0.05) is 32.4 Å². The van der Waals surface area contributed by atoms with Crippen LogP contribution in [0.2, 0.25) is 0 Å². The van der Waals surface area contributed by atoms with E-state index < -0.39 is 0 Å². The molecular formula is C17H27N5O2. The van der Waals surface area contributed by atoms with E-state index in [1.807, 2.05) is 20.8 Å². The lowest BCUT2D eigenvalue weighted by Crippen LogP contribution is -2.41. The molecule has 7 heteroatoms. The third-order valence-electron chi connectivity index (χ3n) is 4.73. The molecule has 2 heterocycles. The van der Waals surface area contributed by atoms with Crippen LogP contribution < -0.4 is 0 Å². The summed E-state index contributed by atoms with van der Waals surface area (Å²) in [5.74, 6) is 0.951. The molecule has 1 saturated heterocycles. The molecule has 7 nitrogen and oxygen atoms in total. The number of amides is 1. The summed E-state index contributed by atoms with van der Waals surface area (Å²) >= 11 is 0. The molecule has 0 unspecified atom stereocenters. The van der Waals surface area contributed by atoms with Crippen LogP contribution >= 0.6 is 0 Å². The van der Waals surface area contributed by atoms with Gasteiger partial charge in [0.15, 0.2) is 0 Å². The number of likely N-dealkylation sites (N-methyl/N-ethyl adjacent to an activating group) is 1. The largest absolute Gasteiger partial charge is 0.380 e. The van der Waals surface area contributed by atoms with Gasteiger partial charge in [-0.15, -0.1) is 0 Å². The number of aromatic nitrogens is 2. The van der Waals surface area contributed by atoms with E-state index in [0.29, 0.717) is 32.6 Å². The third kappa shape index (κ3) is 4.13. The molecule has 0 aliphatic carbocycles. The average molecular weight is 333 g/mol. The minimum atomic E-state index is 0.0505. The molecule has 2 rings (SSSR count). The first kappa shape index (κ1) is 18.4. The molecule has 1 fully saturated rings. The van der Waals surface area contributed by atoms with Crippen molar-refractivity contribution in [3.8, 4) is 6.07 Å².